The molecule has 0 amide bonds. The predicted octanol–water partition coefficient (Wildman–Crippen LogP) is 3.04. The van der Waals surface area contributed by atoms with Crippen molar-refractivity contribution in [1.82, 2.24) is 0 Å². The Morgan fingerprint density at radius 1 is 1.53 bits per heavy atom. The van der Waals surface area contributed by atoms with Gasteiger partial charge in [-0.2, -0.15) is 0 Å². The van der Waals surface area contributed by atoms with Crippen molar-refractivity contribution in [2.45, 2.75) is 44.8 Å². The molecule has 1 aliphatic heterocycles. The Hall–Kier alpha value is -1.22. The van der Waals surface area contributed by atoms with Crippen molar-refractivity contribution in [2.75, 3.05) is 7.11 Å². The van der Waals surface area contributed by atoms with E-state index in [0.29, 0.717) is 0 Å². The van der Waals surface area contributed by atoms with Gasteiger partial charge in [0.1, 0.15) is 17.1 Å². The van der Waals surface area contributed by atoms with Crippen molar-refractivity contribution in [2.24, 2.45) is 5.73 Å². The van der Waals surface area contributed by atoms with Gasteiger partial charge in [0.15, 0.2) is 0 Å². The van der Waals surface area contributed by atoms with Gasteiger partial charge in [-0.15, -0.1) is 0 Å². The van der Waals surface area contributed by atoms with Gasteiger partial charge in [-0.05, 0) is 19.4 Å². The number of hydrogen-bond acceptors (Lipinski definition) is 3. The van der Waals surface area contributed by atoms with Crippen LogP contribution in [0.3, 0.4) is 0 Å². The molecule has 0 fully saturated rings. The number of ether oxygens (including phenoxy) is 2. The summed E-state index contributed by atoms with van der Waals surface area (Å²) in [6.07, 6.45) is 3.00. The normalized spacial score (nSPS) is 27.2. The van der Waals surface area contributed by atoms with Crippen molar-refractivity contribution >= 4 is 0 Å². The average molecular weight is 235 g/mol. The molecule has 2 atom stereocenters. The standard InChI is InChI=1S/C14H21NO2/c1-4-7-14(2)9-12(15)11-6-5-10(16-3)8-13(11)17-14/h5-6,8,12H,4,7,9,15H2,1-3H3/t12-,14?/m0/s1. The molecule has 0 saturated carbocycles. The largest absolute Gasteiger partial charge is 0.497 e. The topological polar surface area (TPSA) is 44.5 Å². The van der Waals surface area contributed by atoms with E-state index >= 15 is 0 Å². The van der Waals surface area contributed by atoms with Crippen LogP contribution in [-0.4, -0.2) is 12.7 Å². The number of rotatable bonds is 3. The van der Waals surface area contributed by atoms with Crippen LogP contribution in [0.15, 0.2) is 18.2 Å². The summed E-state index contributed by atoms with van der Waals surface area (Å²) < 4.78 is 11.3. The van der Waals surface area contributed by atoms with Gasteiger partial charge in [0, 0.05) is 24.1 Å². The molecule has 17 heavy (non-hydrogen) atoms. The number of methoxy groups -OCH3 is 1. The molecule has 2 rings (SSSR count). The average Bonchev–Trinajstić information content (AvgIpc) is 2.27. The lowest BCUT2D eigenvalue weighted by molar-refractivity contribution is 0.0446. The summed E-state index contributed by atoms with van der Waals surface area (Å²) in [5.74, 6) is 1.69. The molecular formula is C14H21NO2. The SMILES string of the molecule is CCCC1(C)C[C@H](N)c2ccc(OC)cc2O1. The summed E-state index contributed by atoms with van der Waals surface area (Å²) in [6, 6.07) is 5.93. The van der Waals surface area contributed by atoms with Gasteiger partial charge in [0.25, 0.3) is 0 Å². The Kier molecular flexibility index (Phi) is 3.29. The molecule has 1 aromatic rings. The minimum absolute atomic E-state index is 0.0567. The van der Waals surface area contributed by atoms with Crippen LogP contribution in [0, 0.1) is 0 Å². The maximum Gasteiger partial charge on any atom is 0.128 e. The summed E-state index contributed by atoms with van der Waals surface area (Å²) in [5.41, 5.74) is 7.16. The third-order valence-corrected chi connectivity index (χ3v) is 3.41. The highest BCUT2D eigenvalue weighted by atomic mass is 16.5. The number of nitrogens with two attached hydrogens (primary N) is 1. The minimum atomic E-state index is -0.145. The first-order valence-corrected chi connectivity index (χ1v) is 6.20. The van der Waals surface area contributed by atoms with E-state index in [1.807, 2.05) is 18.2 Å². The first-order chi connectivity index (χ1) is 8.08. The zero-order valence-corrected chi connectivity index (χ0v) is 10.8. The molecule has 1 unspecified atom stereocenters. The second-order valence-electron chi connectivity index (χ2n) is 5.02. The lowest BCUT2D eigenvalue weighted by atomic mass is 9.86. The monoisotopic (exact) mass is 235 g/mol. The molecule has 94 valence electrons. The van der Waals surface area contributed by atoms with Crippen LogP contribution in [-0.2, 0) is 0 Å². The summed E-state index contributed by atoms with van der Waals surface area (Å²) in [6.45, 7) is 4.31. The lowest BCUT2D eigenvalue weighted by Crippen LogP contribution is -2.40. The summed E-state index contributed by atoms with van der Waals surface area (Å²) >= 11 is 0. The van der Waals surface area contributed by atoms with Crippen LogP contribution in [0.2, 0.25) is 0 Å². The van der Waals surface area contributed by atoms with Gasteiger partial charge >= 0.3 is 0 Å². The van der Waals surface area contributed by atoms with Gasteiger partial charge in [-0.25, -0.2) is 0 Å². The van der Waals surface area contributed by atoms with Crippen LogP contribution in [0.1, 0.15) is 44.7 Å². The van der Waals surface area contributed by atoms with Crippen LogP contribution >= 0.6 is 0 Å². The maximum absolute atomic E-state index is 6.22. The maximum atomic E-state index is 6.22. The van der Waals surface area contributed by atoms with E-state index < -0.39 is 0 Å². The Morgan fingerprint density at radius 2 is 2.29 bits per heavy atom. The Morgan fingerprint density at radius 3 is 2.94 bits per heavy atom. The van der Waals surface area contributed by atoms with E-state index in [1.54, 1.807) is 7.11 Å². The first kappa shape index (κ1) is 12.2. The van der Waals surface area contributed by atoms with Gasteiger partial charge in [0.2, 0.25) is 0 Å². The molecule has 0 aliphatic carbocycles. The van der Waals surface area contributed by atoms with Crippen LogP contribution in [0.5, 0.6) is 11.5 Å². The molecular weight excluding hydrogens is 214 g/mol. The van der Waals surface area contributed by atoms with E-state index in [0.717, 1.165) is 36.3 Å². The van der Waals surface area contributed by atoms with Crippen LogP contribution in [0.25, 0.3) is 0 Å². The van der Waals surface area contributed by atoms with Crippen molar-refractivity contribution in [3.63, 3.8) is 0 Å². The number of fused-ring (bicyclic) bond motifs is 1. The Balaban J connectivity index is 2.33. The van der Waals surface area contributed by atoms with E-state index in [9.17, 15) is 0 Å². The molecule has 3 nitrogen and oxygen atoms in total. The second kappa shape index (κ2) is 4.57. The van der Waals surface area contributed by atoms with Crippen molar-refractivity contribution in [1.29, 1.82) is 0 Å². The molecule has 3 heteroatoms. The quantitative estimate of drug-likeness (QED) is 0.875. The molecule has 1 heterocycles. The van der Waals surface area contributed by atoms with Crippen LogP contribution in [0.4, 0.5) is 0 Å². The van der Waals surface area contributed by atoms with Crippen molar-refractivity contribution in [3.8, 4) is 11.5 Å². The fraction of sp³-hybridized carbons (Fsp3) is 0.571. The van der Waals surface area contributed by atoms with Crippen molar-refractivity contribution in [3.05, 3.63) is 23.8 Å². The first-order valence-electron chi connectivity index (χ1n) is 6.20. The highest BCUT2D eigenvalue weighted by Crippen LogP contribution is 2.41. The fourth-order valence-corrected chi connectivity index (χ4v) is 2.60. The van der Waals surface area contributed by atoms with E-state index in [2.05, 4.69) is 13.8 Å². The van der Waals surface area contributed by atoms with Gasteiger partial charge in [-0.1, -0.05) is 19.4 Å². The van der Waals surface area contributed by atoms with E-state index in [1.165, 1.54) is 0 Å². The van der Waals surface area contributed by atoms with Gasteiger partial charge in [0.05, 0.1) is 7.11 Å². The predicted molar refractivity (Wildman–Crippen MR) is 68.5 cm³/mol. The van der Waals surface area contributed by atoms with E-state index in [4.69, 9.17) is 15.2 Å². The fourth-order valence-electron chi connectivity index (χ4n) is 2.60. The zero-order chi connectivity index (χ0) is 12.5. The Labute approximate surface area is 103 Å². The zero-order valence-electron chi connectivity index (χ0n) is 10.8. The van der Waals surface area contributed by atoms with Crippen molar-refractivity contribution < 1.29 is 9.47 Å². The molecule has 1 aromatic carbocycles. The third kappa shape index (κ3) is 2.39. The number of benzene rings is 1. The highest BCUT2D eigenvalue weighted by Gasteiger charge is 2.35. The number of hydrogen-bond donors (Lipinski definition) is 1. The highest BCUT2D eigenvalue weighted by molar-refractivity contribution is 5.44. The van der Waals surface area contributed by atoms with E-state index in [-0.39, 0.29) is 11.6 Å². The molecule has 0 spiro atoms. The lowest BCUT2D eigenvalue weighted by Gasteiger charge is -2.38. The molecule has 0 aromatic heterocycles. The molecule has 1 aliphatic rings. The third-order valence-electron chi connectivity index (χ3n) is 3.41. The molecule has 2 N–H and O–H groups in total. The summed E-state index contributed by atoms with van der Waals surface area (Å²) in [4.78, 5) is 0. The molecule has 0 radical (unpaired) electrons. The van der Waals surface area contributed by atoms with Gasteiger partial charge < -0.3 is 15.2 Å². The summed E-state index contributed by atoms with van der Waals surface area (Å²) in [7, 11) is 1.66. The Bertz CT molecular complexity index is 405. The van der Waals surface area contributed by atoms with Gasteiger partial charge in [-0.3, -0.25) is 0 Å². The summed E-state index contributed by atoms with van der Waals surface area (Å²) in [5, 5.41) is 0. The van der Waals surface area contributed by atoms with Crippen LogP contribution < -0.4 is 15.2 Å². The molecule has 0 bridgehead atoms. The second-order valence-corrected chi connectivity index (χ2v) is 5.02. The smallest absolute Gasteiger partial charge is 0.128 e. The molecule has 0 saturated heterocycles. The minimum Gasteiger partial charge on any atom is -0.497 e.